The molecule has 1 aromatic rings. The predicted molar refractivity (Wildman–Crippen MR) is 96.9 cm³/mol. The maximum atomic E-state index is 4.54. The zero-order chi connectivity index (χ0) is 14.1. The van der Waals surface area contributed by atoms with Crippen LogP contribution < -0.4 is 10.6 Å². The van der Waals surface area contributed by atoms with Crippen molar-refractivity contribution < 1.29 is 0 Å². The third kappa shape index (κ3) is 8.35. The molecule has 0 bridgehead atoms. The van der Waals surface area contributed by atoms with Crippen LogP contribution >= 0.6 is 24.0 Å². The Morgan fingerprint density at radius 1 is 1.30 bits per heavy atom. The van der Waals surface area contributed by atoms with Crippen LogP contribution in [-0.2, 0) is 6.42 Å². The lowest BCUT2D eigenvalue weighted by Gasteiger charge is -2.12. The Kier molecular flexibility index (Phi) is 10.4. The summed E-state index contributed by atoms with van der Waals surface area (Å²) in [7, 11) is 0. The first-order valence-electron chi connectivity index (χ1n) is 7.05. The smallest absolute Gasteiger partial charge is 0.191 e. The average molecular weight is 390 g/mol. The van der Waals surface area contributed by atoms with Crippen LogP contribution in [-0.4, -0.2) is 30.6 Å². The second kappa shape index (κ2) is 10.9. The van der Waals surface area contributed by atoms with E-state index in [1.165, 1.54) is 5.56 Å². The molecule has 2 N–H and O–H groups in total. The van der Waals surface area contributed by atoms with Gasteiger partial charge in [0.15, 0.2) is 5.96 Å². The summed E-state index contributed by atoms with van der Waals surface area (Å²) in [5.41, 5.74) is 2.31. The van der Waals surface area contributed by atoms with E-state index in [2.05, 4.69) is 47.4 Å². The molecular weight excluding hydrogens is 363 g/mol. The highest BCUT2D eigenvalue weighted by molar-refractivity contribution is 14.0. The van der Waals surface area contributed by atoms with Crippen LogP contribution in [0.5, 0.6) is 0 Å². The second-order valence-corrected chi connectivity index (χ2v) is 5.10. The van der Waals surface area contributed by atoms with Crippen molar-refractivity contribution in [3.05, 3.63) is 29.6 Å². The Balaban J connectivity index is 0.00000361. The van der Waals surface area contributed by atoms with E-state index in [0.717, 1.165) is 37.7 Å². The van der Waals surface area contributed by atoms with Crippen molar-refractivity contribution in [2.75, 3.05) is 19.6 Å². The lowest BCUT2D eigenvalue weighted by molar-refractivity contribution is 0.656. The molecule has 0 spiro atoms. The Bertz CT molecular complexity index is 387. The first-order chi connectivity index (χ1) is 9.11. The van der Waals surface area contributed by atoms with E-state index < -0.39 is 0 Å². The van der Waals surface area contributed by atoms with Gasteiger partial charge in [0, 0.05) is 31.5 Å². The number of aromatic nitrogens is 1. The van der Waals surface area contributed by atoms with Gasteiger partial charge in [0.1, 0.15) is 0 Å². The molecule has 0 fully saturated rings. The van der Waals surface area contributed by atoms with Gasteiger partial charge in [-0.05, 0) is 37.8 Å². The molecule has 0 saturated heterocycles. The minimum atomic E-state index is 0. The highest BCUT2D eigenvalue weighted by Crippen LogP contribution is 1.99. The van der Waals surface area contributed by atoms with Crippen LogP contribution in [0.15, 0.2) is 23.3 Å². The number of nitrogens with one attached hydrogen (secondary N) is 2. The maximum Gasteiger partial charge on any atom is 0.191 e. The first-order valence-corrected chi connectivity index (χ1v) is 7.05. The largest absolute Gasteiger partial charge is 0.357 e. The summed E-state index contributed by atoms with van der Waals surface area (Å²) in [6.45, 7) is 11.0. The molecule has 1 heterocycles. The summed E-state index contributed by atoms with van der Waals surface area (Å²) in [6, 6.07) is 4.18. The van der Waals surface area contributed by atoms with Crippen molar-refractivity contribution in [1.29, 1.82) is 0 Å². The lowest BCUT2D eigenvalue weighted by Crippen LogP contribution is -2.38. The fourth-order valence-electron chi connectivity index (χ4n) is 1.59. The molecule has 0 aromatic carbocycles. The predicted octanol–water partition coefficient (Wildman–Crippen LogP) is 2.76. The van der Waals surface area contributed by atoms with Gasteiger partial charge in [-0.1, -0.05) is 19.9 Å². The van der Waals surface area contributed by atoms with Gasteiger partial charge in [-0.3, -0.25) is 9.98 Å². The van der Waals surface area contributed by atoms with Crippen LogP contribution in [0.25, 0.3) is 0 Å². The third-order valence-electron chi connectivity index (χ3n) is 2.64. The summed E-state index contributed by atoms with van der Waals surface area (Å²) in [6.07, 6.45) is 2.90. The zero-order valence-electron chi connectivity index (χ0n) is 12.9. The lowest BCUT2D eigenvalue weighted by atomic mass is 10.2. The van der Waals surface area contributed by atoms with Crippen molar-refractivity contribution in [2.45, 2.75) is 34.1 Å². The van der Waals surface area contributed by atoms with Gasteiger partial charge < -0.3 is 10.6 Å². The van der Waals surface area contributed by atoms with E-state index in [1.807, 2.05) is 19.2 Å². The molecule has 114 valence electrons. The normalized spacial score (nSPS) is 11.2. The van der Waals surface area contributed by atoms with E-state index in [4.69, 9.17) is 0 Å². The topological polar surface area (TPSA) is 49.3 Å². The quantitative estimate of drug-likeness (QED) is 0.446. The van der Waals surface area contributed by atoms with Crippen molar-refractivity contribution in [2.24, 2.45) is 10.9 Å². The van der Waals surface area contributed by atoms with Gasteiger partial charge in [0.25, 0.3) is 0 Å². The molecule has 0 saturated carbocycles. The van der Waals surface area contributed by atoms with Crippen molar-refractivity contribution in [1.82, 2.24) is 15.6 Å². The molecule has 0 unspecified atom stereocenters. The van der Waals surface area contributed by atoms with Crippen LogP contribution in [0.4, 0.5) is 0 Å². The zero-order valence-corrected chi connectivity index (χ0v) is 15.3. The maximum absolute atomic E-state index is 4.54. The van der Waals surface area contributed by atoms with Gasteiger partial charge in [0.2, 0.25) is 0 Å². The summed E-state index contributed by atoms with van der Waals surface area (Å²) < 4.78 is 0. The van der Waals surface area contributed by atoms with Crippen LogP contribution in [0, 0.1) is 12.8 Å². The van der Waals surface area contributed by atoms with Gasteiger partial charge in [-0.2, -0.15) is 0 Å². The second-order valence-electron chi connectivity index (χ2n) is 5.10. The van der Waals surface area contributed by atoms with E-state index in [9.17, 15) is 0 Å². The molecule has 4 nitrogen and oxygen atoms in total. The molecular formula is C15H27IN4. The number of aryl methyl sites for hydroxylation is 1. The number of pyridine rings is 1. The fraction of sp³-hybridized carbons (Fsp3) is 0.600. The Labute approximate surface area is 139 Å². The number of rotatable bonds is 6. The number of nitrogens with zero attached hydrogens (tertiary/aromatic N) is 2. The summed E-state index contributed by atoms with van der Waals surface area (Å²) >= 11 is 0. The molecule has 5 heteroatoms. The van der Waals surface area contributed by atoms with E-state index in [0.29, 0.717) is 5.92 Å². The molecule has 0 amide bonds. The minimum Gasteiger partial charge on any atom is -0.357 e. The fourth-order valence-corrected chi connectivity index (χ4v) is 1.59. The van der Waals surface area contributed by atoms with E-state index in [1.54, 1.807) is 0 Å². The van der Waals surface area contributed by atoms with Crippen molar-refractivity contribution >= 4 is 29.9 Å². The van der Waals surface area contributed by atoms with E-state index in [-0.39, 0.29) is 24.0 Å². The first kappa shape index (κ1) is 19.1. The molecule has 0 radical (unpaired) electrons. The van der Waals surface area contributed by atoms with Crippen LogP contribution in [0.3, 0.4) is 0 Å². The standard InChI is InChI=1S/C15H26N4.HI/c1-5-16-15(19-10-12(2)3)17-9-8-14-7-6-13(4)18-11-14;/h6-7,11-12H,5,8-10H2,1-4H3,(H2,16,17,19);1H. The number of halogens is 1. The van der Waals surface area contributed by atoms with Gasteiger partial charge in [0.05, 0.1) is 0 Å². The van der Waals surface area contributed by atoms with Crippen LogP contribution in [0.1, 0.15) is 32.0 Å². The Morgan fingerprint density at radius 3 is 2.60 bits per heavy atom. The molecule has 0 atom stereocenters. The molecule has 20 heavy (non-hydrogen) atoms. The number of guanidine groups is 1. The molecule has 1 rings (SSSR count). The highest BCUT2D eigenvalue weighted by Gasteiger charge is 1.99. The van der Waals surface area contributed by atoms with Crippen molar-refractivity contribution in [3.8, 4) is 0 Å². The Hall–Kier alpha value is -0.850. The summed E-state index contributed by atoms with van der Waals surface area (Å²) in [5.74, 6) is 1.48. The van der Waals surface area contributed by atoms with Gasteiger partial charge in [-0.25, -0.2) is 0 Å². The van der Waals surface area contributed by atoms with E-state index >= 15 is 0 Å². The molecule has 0 aliphatic rings. The molecule has 1 aromatic heterocycles. The monoisotopic (exact) mass is 390 g/mol. The number of hydrogen-bond donors (Lipinski definition) is 2. The van der Waals surface area contributed by atoms with Crippen molar-refractivity contribution in [3.63, 3.8) is 0 Å². The molecule has 0 aliphatic carbocycles. The third-order valence-corrected chi connectivity index (χ3v) is 2.64. The SMILES string of the molecule is CCNC(=NCC(C)C)NCCc1ccc(C)nc1.I. The number of hydrogen-bond acceptors (Lipinski definition) is 2. The summed E-state index contributed by atoms with van der Waals surface area (Å²) in [5, 5.41) is 6.61. The van der Waals surface area contributed by atoms with Gasteiger partial charge in [-0.15, -0.1) is 24.0 Å². The van der Waals surface area contributed by atoms with Gasteiger partial charge >= 0.3 is 0 Å². The number of aliphatic imine (C=N–C) groups is 1. The van der Waals surface area contributed by atoms with Crippen LogP contribution in [0.2, 0.25) is 0 Å². The Morgan fingerprint density at radius 2 is 2.05 bits per heavy atom. The minimum absolute atomic E-state index is 0. The highest BCUT2D eigenvalue weighted by atomic mass is 127. The molecule has 0 aliphatic heterocycles. The summed E-state index contributed by atoms with van der Waals surface area (Å²) in [4.78, 5) is 8.84. The average Bonchev–Trinajstić information content (AvgIpc) is 2.38.